The van der Waals surface area contributed by atoms with Gasteiger partial charge < -0.3 is 19.6 Å². The molecule has 0 amide bonds. The van der Waals surface area contributed by atoms with Crippen molar-refractivity contribution in [3.63, 3.8) is 0 Å². The summed E-state index contributed by atoms with van der Waals surface area (Å²) < 4.78 is 5.51. The van der Waals surface area contributed by atoms with E-state index < -0.39 is 11.5 Å². The Morgan fingerprint density at radius 3 is 2.39 bits per heavy atom. The second kappa shape index (κ2) is 8.27. The SMILES string of the molecule is C/C(=N\O)[C@H](CN(C)C)[C@@H](c1ccccc1)c1c(O)c2ccccc2oc1=O. The highest BCUT2D eigenvalue weighted by molar-refractivity contribution is 5.87. The molecule has 2 aromatic carbocycles. The van der Waals surface area contributed by atoms with E-state index in [1.54, 1.807) is 31.2 Å². The molecular formula is C22H24N2O4. The predicted octanol–water partition coefficient (Wildman–Crippen LogP) is 3.66. The van der Waals surface area contributed by atoms with E-state index in [4.69, 9.17) is 4.42 Å². The monoisotopic (exact) mass is 380 g/mol. The molecule has 0 saturated carbocycles. The highest BCUT2D eigenvalue weighted by Crippen LogP contribution is 2.39. The zero-order valence-electron chi connectivity index (χ0n) is 16.2. The van der Waals surface area contributed by atoms with E-state index in [1.165, 1.54) is 0 Å². The van der Waals surface area contributed by atoms with Crippen LogP contribution in [0.2, 0.25) is 0 Å². The first-order valence-corrected chi connectivity index (χ1v) is 9.07. The van der Waals surface area contributed by atoms with Crippen LogP contribution in [-0.2, 0) is 0 Å². The van der Waals surface area contributed by atoms with E-state index in [0.29, 0.717) is 23.2 Å². The van der Waals surface area contributed by atoms with E-state index in [-0.39, 0.29) is 17.2 Å². The minimum atomic E-state index is -0.598. The molecule has 0 unspecified atom stereocenters. The summed E-state index contributed by atoms with van der Waals surface area (Å²) in [5.41, 5.74) is 1.20. The quantitative estimate of drug-likeness (QED) is 0.295. The number of para-hydroxylation sites is 1. The first kappa shape index (κ1) is 19.6. The standard InChI is InChI=1S/C22H24N2O4/c1-14(23-27)17(13-24(2)3)19(15-9-5-4-6-10-15)20-21(25)16-11-7-8-12-18(16)28-22(20)26/h4-12,17,19,25,27H,13H2,1-3H3/b23-14+/t17-,19+/m0/s1. The molecule has 0 radical (unpaired) electrons. The molecular weight excluding hydrogens is 356 g/mol. The third-order valence-electron chi connectivity index (χ3n) is 4.95. The largest absolute Gasteiger partial charge is 0.507 e. The molecule has 3 rings (SSSR count). The Labute approximate surface area is 163 Å². The minimum Gasteiger partial charge on any atom is -0.507 e. The van der Waals surface area contributed by atoms with Gasteiger partial charge in [-0.2, -0.15) is 0 Å². The molecule has 0 bridgehead atoms. The summed E-state index contributed by atoms with van der Waals surface area (Å²) in [7, 11) is 3.81. The molecule has 0 saturated heterocycles. The maximum absolute atomic E-state index is 12.9. The molecule has 6 heteroatoms. The van der Waals surface area contributed by atoms with Crippen LogP contribution in [0.1, 0.15) is 24.0 Å². The average Bonchev–Trinajstić information content (AvgIpc) is 2.69. The third-order valence-corrected chi connectivity index (χ3v) is 4.95. The Morgan fingerprint density at radius 1 is 1.11 bits per heavy atom. The van der Waals surface area contributed by atoms with Crippen LogP contribution in [0.3, 0.4) is 0 Å². The summed E-state index contributed by atoms with van der Waals surface area (Å²) in [5.74, 6) is -0.993. The highest BCUT2D eigenvalue weighted by atomic mass is 16.4. The lowest BCUT2D eigenvalue weighted by atomic mass is 9.78. The Hall–Kier alpha value is -3.12. The van der Waals surface area contributed by atoms with Gasteiger partial charge in [-0.25, -0.2) is 4.79 Å². The second-order valence-electron chi connectivity index (χ2n) is 7.15. The van der Waals surface area contributed by atoms with Crippen molar-refractivity contribution in [1.82, 2.24) is 4.90 Å². The van der Waals surface area contributed by atoms with Gasteiger partial charge in [0.25, 0.3) is 0 Å². The average molecular weight is 380 g/mol. The molecule has 0 fully saturated rings. The van der Waals surface area contributed by atoms with E-state index in [2.05, 4.69) is 5.16 Å². The molecule has 2 atom stereocenters. The van der Waals surface area contributed by atoms with Gasteiger partial charge in [-0.05, 0) is 38.7 Å². The van der Waals surface area contributed by atoms with Gasteiger partial charge in [0.05, 0.1) is 16.7 Å². The van der Waals surface area contributed by atoms with Crippen molar-refractivity contribution in [2.75, 3.05) is 20.6 Å². The molecule has 0 aliphatic heterocycles. The van der Waals surface area contributed by atoms with Crippen molar-refractivity contribution in [2.24, 2.45) is 11.1 Å². The van der Waals surface area contributed by atoms with Crippen molar-refractivity contribution >= 4 is 16.7 Å². The number of nitrogens with zero attached hydrogens (tertiary/aromatic N) is 2. The molecule has 146 valence electrons. The molecule has 1 heterocycles. The van der Waals surface area contributed by atoms with Gasteiger partial charge in [0.15, 0.2) is 0 Å². The fraction of sp³-hybridized carbons (Fsp3) is 0.273. The zero-order valence-corrected chi connectivity index (χ0v) is 16.2. The van der Waals surface area contributed by atoms with Crippen molar-refractivity contribution in [3.8, 4) is 5.75 Å². The lowest BCUT2D eigenvalue weighted by Gasteiger charge is -2.29. The Bertz CT molecular complexity index is 1040. The maximum Gasteiger partial charge on any atom is 0.343 e. The van der Waals surface area contributed by atoms with Crippen LogP contribution in [0.5, 0.6) is 5.75 Å². The lowest BCUT2D eigenvalue weighted by Crippen LogP contribution is -2.34. The van der Waals surface area contributed by atoms with Gasteiger partial charge in [0.1, 0.15) is 11.3 Å². The Balaban J connectivity index is 2.32. The molecule has 0 spiro atoms. The van der Waals surface area contributed by atoms with Crippen LogP contribution in [0.15, 0.2) is 69.0 Å². The number of rotatable bonds is 6. The lowest BCUT2D eigenvalue weighted by molar-refractivity contribution is 0.301. The highest BCUT2D eigenvalue weighted by Gasteiger charge is 2.33. The van der Waals surface area contributed by atoms with Gasteiger partial charge in [0, 0.05) is 18.4 Å². The van der Waals surface area contributed by atoms with Crippen LogP contribution in [0.4, 0.5) is 0 Å². The fourth-order valence-electron chi connectivity index (χ4n) is 3.63. The summed E-state index contributed by atoms with van der Waals surface area (Å²) in [6.07, 6.45) is 0. The van der Waals surface area contributed by atoms with Crippen LogP contribution >= 0.6 is 0 Å². The van der Waals surface area contributed by atoms with Crippen LogP contribution in [0.25, 0.3) is 11.0 Å². The first-order valence-electron chi connectivity index (χ1n) is 9.07. The van der Waals surface area contributed by atoms with Crippen LogP contribution in [0, 0.1) is 5.92 Å². The summed E-state index contributed by atoms with van der Waals surface area (Å²) in [6.45, 7) is 2.23. The van der Waals surface area contributed by atoms with Crippen LogP contribution in [-0.4, -0.2) is 41.6 Å². The second-order valence-corrected chi connectivity index (χ2v) is 7.15. The van der Waals surface area contributed by atoms with Gasteiger partial charge in [-0.3, -0.25) is 0 Å². The molecule has 0 aliphatic carbocycles. The summed E-state index contributed by atoms with van der Waals surface area (Å²) in [6, 6.07) is 16.3. The van der Waals surface area contributed by atoms with Crippen molar-refractivity contribution in [3.05, 3.63) is 76.1 Å². The number of hydrogen-bond acceptors (Lipinski definition) is 6. The van der Waals surface area contributed by atoms with Gasteiger partial charge in [-0.15, -0.1) is 0 Å². The molecule has 1 aromatic heterocycles. The van der Waals surface area contributed by atoms with Crippen molar-refractivity contribution < 1.29 is 14.7 Å². The Kier molecular flexibility index (Phi) is 5.80. The number of aromatic hydroxyl groups is 1. The maximum atomic E-state index is 12.9. The topological polar surface area (TPSA) is 86.3 Å². The molecule has 28 heavy (non-hydrogen) atoms. The van der Waals surface area contributed by atoms with E-state index in [1.807, 2.05) is 49.3 Å². The van der Waals surface area contributed by atoms with Crippen molar-refractivity contribution in [2.45, 2.75) is 12.8 Å². The minimum absolute atomic E-state index is 0.102. The Morgan fingerprint density at radius 2 is 1.75 bits per heavy atom. The number of hydrogen-bond donors (Lipinski definition) is 2. The smallest absolute Gasteiger partial charge is 0.343 e. The zero-order chi connectivity index (χ0) is 20.3. The fourth-order valence-corrected chi connectivity index (χ4v) is 3.63. The molecule has 0 aliphatic rings. The molecule has 2 N–H and O–H groups in total. The summed E-state index contributed by atoms with van der Waals surface area (Å²) >= 11 is 0. The summed E-state index contributed by atoms with van der Waals surface area (Å²) in [4.78, 5) is 14.9. The first-order chi connectivity index (χ1) is 13.4. The van der Waals surface area contributed by atoms with Crippen molar-refractivity contribution in [1.29, 1.82) is 0 Å². The molecule has 6 nitrogen and oxygen atoms in total. The number of oxime groups is 1. The van der Waals surface area contributed by atoms with Gasteiger partial charge >= 0.3 is 5.63 Å². The molecule has 3 aromatic rings. The number of fused-ring (bicyclic) bond motifs is 1. The predicted molar refractivity (Wildman–Crippen MR) is 109 cm³/mol. The van der Waals surface area contributed by atoms with Gasteiger partial charge in [-0.1, -0.05) is 47.6 Å². The van der Waals surface area contributed by atoms with E-state index >= 15 is 0 Å². The normalized spacial score (nSPS) is 14.4. The van der Waals surface area contributed by atoms with E-state index in [0.717, 1.165) is 5.56 Å². The summed E-state index contributed by atoms with van der Waals surface area (Å²) in [5, 5.41) is 24.4. The van der Waals surface area contributed by atoms with Gasteiger partial charge in [0.2, 0.25) is 0 Å². The third kappa shape index (κ3) is 3.77. The number of benzene rings is 2. The van der Waals surface area contributed by atoms with E-state index in [9.17, 15) is 15.1 Å². The van der Waals surface area contributed by atoms with Crippen LogP contribution < -0.4 is 5.63 Å².